The second-order valence-corrected chi connectivity index (χ2v) is 8.82. The number of phenols is 1. The van der Waals surface area contributed by atoms with Crippen molar-refractivity contribution in [3.05, 3.63) is 30.1 Å². The molecule has 2 fully saturated rings. The molecule has 0 aromatic heterocycles. The predicted molar refractivity (Wildman–Crippen MR) is 106 cm³/mol. The van der Waals surface area contributed by atoms with Crippen LogP contribution in [0.5, 0.6) is 11.5 Å². The molecule has 4 rings (SSSR count). The summed E-state index contributed by atoms with van der Waals surface area (Å²) in [5.41, 5.74) is -0.554. The Kier molecular flexibility index (Phi) is 5.22. The van der Waals surface area contributed by atoms with Crippen molar-refractivity contribution in [3.63, 3.8) is 0 Å². The molecule has 0 saturated carbocycles. The Balaban J connectivity index is 1.59. The molecule has 1 amide bonds. The zero-order valence-electron chi connectivity index (χ0n) is 15.7. The van der Waals surface area contributed by atoms with Crippen LogP contribution in [0.15, 0.2) is 24.3 Å². The van der Waals surface area contributed by atoms with Crippen molar-refractivity contribution in [1.82, 2.24) is 9.62 Å². The van der Waals surface area contributed by atoms with Gasteiger partial charge in [-0.25, -0.2) is 13.4 Å². The number of likely N-dealkylation sites (tertiary alicyclic amines) is 1. The van der Waals surface area contributed by atoms with Crippen LogP contribution in [0.2, 0.25) is 0 Å². The van der Waals surface area contributed by atoms with Crippen LogP contribution in [-0.4, -0.2) is 57.1 Å². The fourth-order valence-corrected chi connectivity index (χ4v) is 4.92. The molecule has 29 heavy (non-hydrogen) atoms. The molecule has 2 aromatic rings. The Morgan fingerprint density at radius 2 is 1.93 bits per heavy atom. The number of amides is 1. The van der Waals surface area contributed by atoms with E-state index in [1.54, 1.807) is 16.9 Å². The van der Waals surface area contributed by atoms with E-state index < -0.39 is 39.9 Å². The van der Waals surface area contributed by atoms with Crippen LogP contribution in [0.1, 0.15) is 19.3 Å². The van der Waals surface area contributed by atoms with Gasteiger partial charge in [0.15, 0.2) is 5.82 Å². The van der Waals surface area contributed by atoms with E-state index in [2.05, 4.69) is 4.90 Å². The summed E-state index contributed by atoms with van der Waals surface area (Å²) in [6.07, 6.45) is 3.62. The van der Waals surface area contributed by atoms with Crippen LogP contribution >= 0.6 is 0 Å². The van der Waals surface area contributed by atoms with E-state index in [-0.39, 0.29) is 5.39 Å². The number of nitrogens with one attached hydrogen (secondary N) is 1. The van der Waals surface area contributed by atoms with Crippen molar-refractivity contribution >= 4 is 32.6 Å². The number of hydrogen-bond donors (Lipinski definition) is 2. The van der Waals surface area contributed by atoms with Gasteiger partial charge >= 0.3 is 10.2 Å². The van der Waals surface area contributed by atoms with Gasteiger partial charge in [0, 0.05) is 11.9 Å². The molecule has 0 aliphatic carbocycles. The largest absolute Gasteiger partial charge is 0.506 e. The summed E-state index contributed by atoms with van der Waals surface area (Å²) in [4.78, 5) is 13.8. The van der Waals surface area contributed by atoms with E-state index in [4.69, 9.17) is 4.74 Å². The summed E-state index contributed by atoms with van der Waals surface area (Å²) in [5.74, 6) is -1.84. The zero-order valence-corrected chi connectivity index (χ0v) is 16.5. The fourth-order valence-electron chi connectivity index (χ4n) is 3.76. The SMILES string of the molecule is O=C1CN(c2c(O)cc3ccc(OCCN4CCCCC4)cc3c2F)S(=O)(=O)N1. The number of piperidine rings is 1. The van der Waals surface area contributed by atoms with Crippen LogP contribution in [0.3, 0.4) is 0 Å². The molecular formula is C19H22FN3O5S. The minimum Gasteiger partial charge on any atom is -0.506 e. The number of carbonyl (C=O) groups excluding carboxylic acids is 1. The topological polar surface area (TPSA) is 99.2 Å². The summed E-state index contributed by atoms with van der Waals surface area (Å²) >= 11 is 0. The average Bonchev–Trinajstić information content (AvgIpc) is 2.95. The van der Waals surface area contributed by atoms with Crippen molar-refractivity contribution < 1.29 is 27.4 Å². The smallest absolute Gasteiger partial charge is 0.326 e. The molecule has 0 bridgehead atoms. The third kappa shape index (κ3) is 3.95. The van der Waals surface area contributed by atoms with Gasteiger partial charge < -0.3 is 9.84 Å². The Morgan fingerprint density at radius 3 is 2.62 bits per heavy atom. The molecule has 0 radical (unpaired) electrons. The van der Waals surface area contributed by atoms with Crippen molar-refractivity contribution in [2.45, 2.75) is 19.3 Å². The Bertz CT molecular complexity index is 1050. The quantitative estimate of drug-likeness (QED) is 0.760. The Hall–Kier alpha value is -2.59. The van der Waals surface area contributed by atoms with Gasteiger partial charge in [-0.2, -0.15) is 8.42 Å². The minimum absolute atomic E-state index is 0.0998. The first kappa shape index (κ1) is 19.7. The average molecular weight is 423 g/mol. The number of hydrogen-bond acceptors (Lipinski definition) is 6. The van der Waals surface area contributed by atoms with Crippen LogP contribution in [0.25, 0.3) is 10.8 Å². The molecule has 0 atom stereocenters. The number of rotatable bonds is 5. The molecule has 2 aliphatic rings. The number of ether oxygens (including phenoxy) is 1. The Labute approximate surface area is 168 Å². The van der Waals surface area contributed by atoms with E-state index in [0.717, 1.165) is 19.6 Å². The van der Waals surface area contributed by atoms with Gasteiger partial charge in [0.25, 0.3) is 5.91 Å². The zero-order chi connectivity index (χ0) is 20.6. The Morgan fingerprint density at radius 1 is 1.17 bits per heavy atom. The molecule has 8 nitrogen and oxygen atoms in total. The molecule has 10 heteroatoms. The van der Waals surface area contributed by atoms with Crippen molar-refractivity contribution in [2.24, 2.45) is 0 Å². The summed E-state index contributed by atoms with van der Waals surface area (Å²) in [7, 11) is -4.24. The maximum atomic E-state index is 15.2. The number of phenolic OH excluding ortho intramolecular Hbond substituents is 1. The van der Waals surface area contributed by atoms with E-state index in [1.165, 1.54) is 31.4 Å². The number of anilines is 1. The first-order chi connectivity index (χ1) is 13.8. The van der Waals surface area contributed by atoms with Gasteiger partial charge in [0.2, 0.25) is 0 Å². The lowest BCUT2D eigenvalue weighted by Gasteiger charge is -2.26. The lowest BCUT2D eigenvalue weighted by Crippen LogP contribution is -2.33. The fraction of sp³-hybridized carbons (Fsp3) is 0.421. The third-order valence-corrected chi connectivity index (χ3v) is 6.58. The van der Waals surface area contributed by atoms with Crippen molar-refractivity contribution in [2.75, 3.05) is 37.1 Å². The number of aromatic hydroxyl groups is 1. The molecule has 2 N–H and O–H groups in total. The molecule has 0 unspecified atom stereocenters. The number of halogens is 1. The standard InChI is InChI=1S/C19H22FN3O5S/c20-18-15-11-14(28-9-8-22-6-2-1-3-7-22)5-4-13(15)10-16(24)19(18)23-12-17(25)21-29(23,26)27/h4-5,10-11,24H,1-3,6-9,12H2,(H,21,25). The van der Waals surface area contributed by atoms with Crippen LogP contribution in [0, 0.1) is 5.82 Å². The van der Waals surface area contributed by atoms with E-state index in [1.807, 2.05) is 0 Å². The van der Waals surface area contributed by atoms with Crippen molar-refractivity contribution in [1.29, 1.82) is 0 Å². The van der Waals surface area contributed by atoms with Gasteiger partial charge in [-0.1, -0.05) is 12.5 Å². The third-order valence-electron chi connectivity index (χ3n) is 5.20. The number of carbonyl (C=O) groups is 1. The summed E-state index contributed by atoms with van der Waals surface area (Å²) in [5, 5.41) is 10.7. The first-order valence-electron chi connectivity index (χ1n) is 9.49. The monoisotopic (exact) mass is 423 g/mol. The molecule has 2 aromatic carbocycles. The number of benzene rings is 2. The molecule has 156 valence electrons. The normalized spacial score (nSPS) is 19.5. The van der Waals surface area contributed by atoms with E-state index in [9.17, 15) is 18.3 Å². The van der Waals surface area contributed by atoms with Gasteiger partial charge in [0.05, 0.1) is 0 Å². The second kappa shape index (κ2) is 7.68. The summed E-state index contributed by atoms with van der Waals surface area (Å²) in [6.45, 7) is 2.74. The lowest BCUT2D eigenvalue weighted by molar-refractivity contribution is -0.117. The molecule has 0 spiro atoms. The molecular weight excluding hydrogens is 401 g/mol. The highest BCUT2D eigenvalue weighted by molar-refractivity contribution is 7.92. The maximum absolute atomic E-state index is 15.2. The predicted octanol–water partition coefficient (Wildman–Crippen LogP) is 1.73. The minimum atomic E-state index is -4.24. The highest BCUT2D eigenvalue weighted by Gasteiger charge is 2.37. The molecule has 2 aliphatic heterocycles. The molecule has 2 heterocycles. The van der Waals surface area contributed by atoms with E-state index in [0.29, 0.717) is 22.0 Å². The van der Waals surface area contributed by atoms with Crippen LogP contribution in [0.4, 0.5) is 10.1 Å². The van der Waals surface area contributed by atoms with Gasteiger partial charge in [0.1, 0.15) is 30.3 Å². The lowest BCUT2D eigenvalue weighted by atomic mass is 10.1. The van der Waals surface area contributed by atoms with Gasteiger partial charge in [-0.15, -0.1) is 0 Å². The van der Waals surface area contributed by atoms with E-state index >= 15 is 4.39 Å². The van der Waals surface area contributed by atoms with Gasteiger partial charge in [-0.05, 0) is 49.5 Å². The van der Waals surface area contributed by atoms with Crippen LogP contribution in [-0.2, 0) is 15.0 Å². The first-order valence-corrected chi connectivity index (χ1v) is 10.9. The highest BCUT2D eigenvalue weighted by atomic mass is 32.2. The van der Waals surface area contributed by atoms with Gasteiger partial charge in [-0.3, -0.25) is 9.69 Å². The maximum Gasteiger partial charge on any atom is 0.326 e. The molecule has 2 saturated heterocycles. The number of fused-ring (bicyclic) bond motifs is 1. The van der Waals surface area contributed by atoms with Crippen molar-refractivity contribution in [3.8, 4) is 11.5 Å². The van der Waals surface area contributed by atoms with Crippen LogP contribution < -0.4 is 13.8 Å². The summed E-state index contributed by atoms with van der Waals surface area (Å²) in [6, 6.07) is 6.01. The highest BCUT2D eigenvalue weighted by Crippen LogP contribution is 2.39. The summed E-state index contributed by atoms with van der Waals surface area (Å²) < 4.78 is 47.3. The second-order valence-electron chi connectivity index (χ2n) is 7.23. The number of nitrogens with zero attached hydrogens (tertiary/aromatic N) is 2.